The van der Waals surface area contributed by atoms with E-state index in [1.807, 2.05) is 24.5 Å². The average Bonchev–Trinajstić information content (AvgIpc) is 3.64. The Morgan fingerprint density at radius 3 is 1.75 bits per heavy atom. The van der Waals surface area contributed by atoms with Gasteiger partial charge in [0.2, 0.25) is 0 Å². The highest BCUT2D eigenvalue weighted by molar-refractivity contribution is 9.10. The standard InChI is InChI=1S/C34H19BrN4O/c35-20-9-12-28-26(17-20)34-30(8-4-16-37-34)39(28)22-11-14-32-25(19-22)24-18-21(10-13-31(24)40-32)38-27-6-2-1-5-23(27)33-29(38)7-3-15-36-33/h1-19H. The van der Waals surface area contributed by atoms with E-state index in [-0.39, 0.29) is 0 Å². The van der Waals surface area contributed by atoms with E-state index in [9.17, 15) is 0 Å². The molecule has 5 heterocycles. The number of furan rings is 1. The summed E-state index contributed by atoms with van der Waals surface area (Å²) < 4.78 is 11.9. The molecule has 0 unspecified atom stereocenters. The van der Waals surface area contributed by atoms with Gasteiger partial charge in [-0.3, -0.25) is 9.97 Å². The van der Waals surface area contributed by atoms with Crippen LogP contribution in [-0.4, -0.2) is 19.1 Å². The molecule has 9 rings (SSSR count). The van der Waals surface area contributed by atoms with Crippen LogP contribution in [0.3, 0.4) is 0 Å². The fourth-order valence-corrected chi connectivity index (χ4v) is 6.54. The van der Waals surface area contributed by atoms with E-state index >= 15 is 0 Å². The normalized spacial score (nSPS) is 12.1. The Bertz CT molecular complexity index is 2410. The van der Waals surface area contributed by atoms with E-state index in [2.05, 4.69) is 116 Å². The van der Waals surface area contributed by atoms with Crippen molar-refractivity contribution >= 4 is 81.7 Å². The van der Waals surface area contributed by atoms with Crippen molar-refractivity contribution in [1.82, 2.24) is 19.1 Å². The van der Waals surface area contributed by atoms with Gasteiger partial charge in [0.25, 0.3) is 0 Å². The summed E-state index contributed by atoms with van der Waals surface area (Å²) in [6.07, 6.45) is 3.71. The van der Waals surface area contributed by atoms with E-state index in [0.717, 1.165) is 81.7 Å². The minimum absolute atomic E-state index is 0.862. The Morgan fingerprint density at radius 2 is 1.07 bits per heavy atom. The summed E-state index contributed by atoms with van der Waals surface area (Å²) in [7, 11) is 0. The third-order valence-corrected chi connectivity index (χ3v) is 8.36. The SMILES string of the molecule is Brc1ccc2c(c1)c1ncccc1n2-c1ccc2oc3ccc(-n4c5ccccc5c5ncccc54)cc3c2c1. The van der Waals surface area contributed by atoms with Gasteiger partial charge in [-0.05, 0) is 84.9 Å². The molecule has 0 saturated heterocycles. The minimum atomic E-state index is 0.862. The first kappa shape index (κ1) is 21.9. The van der Waals surface area contributed by atoms with E-state index in [1.165, 1.54) is 0 Å². The molecule has 5 aromatic heterocycles. The van der Waals surface area contributed by atoms with E-state index in [4.69, 9.17) is 14.4 Å². The Balaban J connectivity index is 1.32. The summed E-state index contributed by atoms with van der Waals surface area (Å²) in [5.41, 5.74) is 10.3. The molecule has 4 aromatic carbocycles. The van der Waals surface area contributed by atoms with Gasteiger partial charge in [0, 0.05) is 49.8 Å². The van der Waals surface area contributed by atoms with Gasteiger partial charge in [-0.2, -0.15) is 0 Å². The lowest BCUT2D eigenvalue weighted by atomic mass is 10.1. The number of halogens is 1. The maximum atomic E-state index is 6.31. The molecule has 0 aliphatic rings. The zero-order valence-electron chi connectivity index (χ0n) is 21.0. The molecule has 0 aliphatic heterocycles. The Hall–Kier alpha value is -4.94. The molecule has 0 atom stereocenters. The summed E-state index contributed by atoms with van der Waals surface area (Å²) in [6.45, 7) is 0. The summed E-state index contributed by atoms with van der Waals surface area (Å²) >= 11 is 3.64. The van der Waals surface area contributed by atoms with Gasteiger partial charge in [-0.1, -0.05) is 34.1 Å². The van der Waals surface area contributed by atoms with Crippen LogP contribution in [0.15, 0.2) is 124 Å². The predicted octanol–water partition coefficient (Wildman–Crippen LogP) is 9.33. The van der Waals surface area contributed by atoms with Crippen LogP contribution in [0.1, 0.15) is 0 Å². The highest BCUT2D eigenvalue weighted by atomic mass is 79.9. The molecule has 0 fully saturated rings. The van der Waals surface area contributed by atoms with E-state index in [1.54, 1.807) is 0 Å². The van der Waals surface area contributed by atoms with Crippen LogP contribution in [0, 0.1) is 0 Å². The van der Waals surface area contributed by atoms with Crippen molar-refractivity contribution in [3.63, 3.8) is 0 Å². The highest BCUT2D eigenvalue weighted by Gasteiger charge is 2.17. The lowest BCUT2D eigenvalue weighted by molar-refractivity contribution is 0.669. The first-order chi connectivity index (χ1) is 19.7. The molecule has 0 radical (unpaired) electrons. The Morgan fingerprint density at radius 1 is 0.500 bits per heavy atom. The van der Waals surface area contributed by atoms with Crippen molar-refractivity contribution in [2.45, 2.75) is 0 Å². The molecule has 0 saturated carbocycles. The van der Waals surface area contributed by atoms with E-state index < -0.39 is 0 Å². The molecule has 0 N–H and O–H groups in total. The largest absolute Gasteiger partial charge is 0.456 e. The summed E-state index contributed by atoms with van der Waals surface area (Å²) in [5.74, 6) is 0. The van der Waals surface area contributed by atoms with Gasteiger partial charge in [-0.15, -0.1) is 0 Å². The molecular weight excluding hydrogens is 560 g/mol. The molecule has 0 spiro atoms. The Kier molecular flexibility index (Phi) is 4.41. The average molecular weight is 579 g/mol. The quantitative estimate of drug-likeness (QED) is 0.205. The lowest BCUT2D eigenvalue weighted by Crippen LogP contribution is -1.94. The molecule has 188 valence electrons. The number of aromatic nitrogens is 4. The van der Waals surface area contributed by atoms with Gasteiger partial charge in [-0.25, -0.2) is 0 Å². The summed E-state index contributed by atoms with van der Waals surface area (Å²) in [5, 5.41) is 4.41. The van der Waals surface area contributed by atoms with Gasteiger partial charge in [0.1, 0.15) is 11.2 Å². The van der Waals surface area contributed by atoms with Crippen LogP contribution in [0.2, 0.25) is 0 Å². The van der Waals surface area contributed by atoms with Crippen LogP contribution in [-0.2, 0) is 0 Å². The molecule has 40 heavy (non-hydrogen) atoms. The molecule has 0 bridgehead atoms. The second kappa shape index (κ2) is 8.04. The number of para-hydroxylation sites is 1. The van der Waals surface area contributed by atoms with Gasteiger partial charge in [0.05, 0.1) is 33.1 Å². The van der Waals surface area contributed by atoms with Crippen molar-refractivity contribution in [3.8, 4) is 11.4 Å². The van der Waals surface area contributed by atoms with E-state index in [0.29, 0.717) is 0 Å². The number of rotatable bonds is 2. The lowest BCUT2D eigenvalue weighted by Gasteiger charge is -2.09. The van der Waals surface area contributed by atoms with Crippen molar-refractivity contribution in [2.75, 3.05) is 0 Å². The third kappa shape index (κ3) is 2.96. The van der Waals surface area contributed by atoms with Crippen molar-refractivity contribution in [2.24, 2.45) is 0 Å². The predicted molar refractivity (Wildman–Crippen MR) is 166 cm³/mol. The topological polar surface area (TPSA) is 48.8 Å². The van der Waals surface area contributed by atoms with Crippen molar-refractivity contribution < 1.29 is 4.42 Å². The fourth-order valence-electron chi connectivity index (χ4n) is 6.18. The first-order valence-corrected chi connectivity index (χ1v) is 13.9. The van der Waals surface area contributed by atoms with Crippen LogP contribution >= 0.6 is 15.9 Å². The van der Waals surface area contributed by atoms with Crippen LogP contribution in [0.25, 0.3) is 77.2 Å². The number of hydrogen-bond acceptors (Lipinski definition) is 3. The molecule has 5 nitrogen and oxygen atoms in total. The van der Waals surface area contributed by atoms with Crippen molar-refractivity contribution in [3.05, 3.63) is 120 Å². The number of fused-ring (bicyclic) bond motifs is 9. The smallest absolute Gasteiger partial charge is 0.135 e. The number of nitrogens with zero attached hydrogens (tertiary/aromatic N) is 4. The third-order valence-electron chi connectivity index (χ3n) is 7.86. The maximum absolute atomic E-state index is 6.31. The minimum Gasteiger partial charge on any atom is -0.456 e. The summed E-state index contributed by atoms with van der Waals surface area (Å²) in [6, 6.07) is 35.9. The Labute approximate surface area is 236 Å². The zero-order valence-corrected chi connectivity index (χ0v) is 22.6. The molecule has 9 aromatic rings. The first-order valence-electron chi connectivity index (χ1n) is 13.1. The van der Waals surface area contributed by atoms with Crippen LogP contribution < -0.4 is 0 Å². The van der Waals surface area contributed by atoms with Gasteiger partial charge >= 0.3 is 0 Å². The monoisotopic (exact) mass is 578 g/mol. The number of hydrogen-bond donors (Lipinski definition) is 0. The second-order valence-electron chi connectivity index (χ2n) is 10.1. The maximum Gasteiger partial charge on any atom is 0.135 e. The molecule has 6 heteroatoms. The fraction of sp³-hybridized carbons (Fsp3) is 0. The molecule has 0 amide bonds. The van der Waals surface area contributed by atoms with Crippen LogP contribution in [0.4, 0.5) is 0 Å². The number of benzene rings is 4. The molecule has 0 aliphatic carbocycles. The van der Waals surface area contributed by atoms with Gasteiger partial charge in [0.15, 0.2) is 0 Å². The second-order valence-corrected chi connectivity index (χ2v) is 11.0. The summed E-state index contributed by atoms with van der Waals surface area (Å²) in [4.78, 5) is 9.42. The van der Waals surface area contributed by atoms with Crippen molar-refractivity contribution in [1.29, 1.82) is 0 Å². The van der Waals surface area contributed by atoms with Crippen LogP contribution in [0.5, 0.6) is 0 Å². The molecular formula is C34H19BrN4O. The van der Waals surface area contributed by atoms with Gasteiger partial charge < -0.3 is 13.6 Å². The number of pyridine rings is 2. The zero-order chi connectivity index (χ0) is 26.4. The highest BCUT2D eigenvalue weighted by Crippen LogP contribution is 2.37.